The Morgan fingerprint density at radius 3 is 2.63 bits per heavy atom. The fourth-order valence-electron chi connectivity index (χ4n) is 1.78. The van der Waals surface area contributed by atoms with Crippen molar-refractivity contribution < 1.29 is 0 Å². The first-order chi connectivity index (χ1) is 9.11. The summed E-state index contributed by atoms with van der Waals surface area (Å²) in [5, 5.41) is 1.73. The van der Waals surface area contributed by atoms with Crippen LogP contribution in [0.25, 0.3) is 16.5 Å². The molecule has 0 unspecified atom stereocenters. The summed E-state index contributed by atoms with van der Waals surface area (Å²) in [5.41, 5.74) is 2.52. The van der Waals surface area contributed by atoms with Gasteiger partial charge in [0.2, 0.25) is 0 Å². The zero-order chi connectivity index (χ0) is 13.8. The Morgan fingerprint density at radius 1 is 1.26 bits per heavy atom. The molecule has 0 aliphatic heterocycles. The van der Waals surface area contributed by atoms with Gasteiger partial charge in [-0.1, -0.05) is 65.2 Å². The van der Waals surface area contributed by atoms with E-state index in [0.717, 1.165) is 15.9 Å². The highest BCUT2D eigenvalue weighted by Crippen LogP contribution is 2.34. The second-order valence-electron chi connectivity index (χ2n) is 4.69. The van der Waals surface area contributed by atoms with E-state index < -0.39 is 0 Å². The smallest absolute Gasteiger partial charge is 0.0492 e. The average molecular weight is 356 g/mol. The van der Waals surface area contributed by atoms with Gasteiger partial charge in [-0.25, -0.2) is 0 Å². The van der Waals surface area contributed by atoms with Crippen molar-refractivity contribution in [1.82, 2.24) is 0 Å². The van der Waals surface area contributed by atoms with E-state index in [1.165, 1.54) is 15.3 Å². The van der Waals surface area contributed by atoms with Crippen LogP contribution in [0.15, 0.2) is 42.0 Å². The topological polar surface area (TPSA) is 0 Å². The molecule has 2 aromatic rings. The third kappa shape index (κ3) is 3.71. The summed E-state index contributed by atoms with van der Waals surface area (Å²) in [6, 6.07) is 12.3. The quantitative estimate of drug-likeness (QED) is 0.549. The highest BCUT2D eigenvalue weighted by atomic mass is 79.9. The zero-order valence-corrected chi connectivity index (χ0v) is 14.1. The number of halogens is 2. The Bertz CT molecular complexity index is 584. The minimum absolute atomic E-state index is 0.560. The third-order valence-corrected chi connectivity index (χ3v) is 5.03. The second-order valence-corrected chi connectivity index (χ2v) is 6.77. The van der Waals surface area contributed by atoms with E-state index in [9.17, 15) is 0 Å². The molecule has 0 amide bonds. The fraction of sp³-hybridized carbons (Fsp3) is 0.250. The normalized spacial score (nSPS) is 12.2. The number of benzene rings is 1. The first kappa shape index (κ1) is 14.8. The minimum Gasteiger partial charge on any atom is -0.136 e. The molecule has 1 heterocycles. The first-order valence-electron chi connectivity index (χ1n) is 6.23. The van der Waals surface area contributed by atoms with Gasteiger partial charge in [0, 0.05) is 25.7 Å². The minimum atomic E-state index is 0.560. The van der Waals surface area contributed by atoms with Gasteiger partial charge < -0.3 is 0 Å². The Morgan fingerprint density at radius 2 is 2.00 bits per heavy atom. The fourth-order valence-corrected chi connectivity index (χ4v) is 3.91. The van der Waals surface area contributed by atoms with Crippen molar-refractivity contribution >= 4 is 44.9 Å². The molecule has 0 nitrogen and oxygen atoms in total. The van der Waals surface area contributed by atoms with Gasteiger partial charge in [-0.15, -0.1) is 11.3 Å². The maximum atomic E-state index is 6.24. The summed E-state index contributed by atoms with van der Waals surface area (Å²) >= 11 is 11.6. The molecular weight excluding hydrogens is 340 g/mol. The van der Waals surface area contributed by atoms with Crippen LogP contribution in [0.3, 0.4) is 0 Å². The molecule has 0 saturated heterocycles. The van der Waals surface area contributed by atoms with Crippen LogP contribution in [-0.4, -0.2) is 5.33 Å². The Kier molecular flexibility index (Phi) is 5.26. The molecule has 1 aromatic heterocycles. The first-order valence-corrected chi connectivity index (χ1v) is 8.54. The van der Waals surface area contributed by atoms with Crippen LogP contribution in [0.4, 0.5) is 0 Å². The molecular formula is C16H16BrClS. The molecule has 0 spiro atoms. The lowest BCUT2D eigenvalue weighted by atomic mass is 10.0. The second kappa shape index (κ2) is 6.74. The van der Waals surface area contributed by atoms with E-state index in [0.29, 0.717) is 5.92 Å². The van der Waals surface area contributed by atoms with Crippen molar-refractivity contribution in [3.63, 3.8) is 0 Å². The van der Waals surface area contributed by atoms with E-state index in [1.807, 2.05) is 18.2 Å². The molecule has 0 aliphatic carbocycles. The van der Waals surface area contributed by atoms with Crippen molar-refractivity contribution in [3.05, 3.63) is 51.9 Å². The molecule has 0 saturated carbocycles. The van der Waals surface area contributed by atoms with Crippen molar-refractivity contribution in [2.24, 2.45) is 5.92 Å². The number of rotatable bonds is 4. The lowest BCUT2D eigenvalue weighted by molar-refractivity contribution is 0.781. The third-order valence-electron chi connectivity index (χ3n) is 2.99. The van der Waals surface area contributed by atoms with E-state index in [4.69, 9.17) is 11.6 Å². The highest BCUT2D eigenvalue weighted by Gasteiger charge is 2.07. The average Bonchev–Trinajstić information content (AvgIpc) is 2.84. The van der Waals surface area contributed by atoms with Crippen molar-refractivity contribution in [2.45, 2.75) is 13.8 Å². The number of hydrogen-bond acceptors (Lipinski definition) is 1. The van der Waals surface area contributed by atoms with Crippen LogP contribution in [-0.2, 0) is 0 Å². The van der Waals surface area contributed by atoms with Gasteiger partial charge in [-0.05, 0) is 30.2 Å². The highest BCUT2D eigenvalue weighted by molar-refractivity contribution is 9.09. The molecule has 0 fully saturated rings. The molecule has 0 atom stereocenters. The van der Waals surface area contributed by atoms with Crippen LogP contribution < -0.4 is 0 Å². The number of thiophene rings is 1. The van der Waals surface area contributed by atoms with Gasteiger partial charge in [0.25, 0.3) is 0 Å². The SMILES string of the molecule is CC(C)C(=Cc1ccc(-c2ccccc2Cl)s1)CBr. The predicted molar refractivity (Wildman–Crippen MR) is 91.4 cm³/mol. The maximum absolute atomic E-state index is 6.24. The van der Waals surface area contributed by atoms with Crippen LogP contribution in [0.2, 0.25) is 5.02 Å². The van der Waals surface area contributed by atoms with Gasteiger partial charge in [-0.3, -0.25) is 0 Å². The zero-order valence-electron chi connectivity index (χ0n) is 11.0. The largest absolute Gasteiger partial charge is 0.136 e. The van der Waals surface area contributed by atoms with Gasteiger partial charge in [0.1, 0.15) is 0 Å². The number of allylic oxidation sites excluding steroid dienone is 1. The van der Waals surface area contributed by atoms with Crippen LogP contribution >= 0.6 is 38.9 Å². The van der Waals surface area contributed by atoms with Crippen molar-refractivity contribution in [1.29, 1.82) is 0 Å². The molecule has 19 heavy (non-hydrogen) atoms. The van der Waals surface area contributed by atoms with Gasteiger partial charge in [0.05, 0.1) is 0 Å². The van der Waals surface area contributed by atoms with E-state index in [2.05, 4.69) is 54.1 Å². The van der Waals surface area contributed by atoms with Gasteiger partial charge in [-0.2, -0.15) is 0 Å². The summed E-state index contributed by atoms with van der Waals surface area (Å²) in [6.45, 7) is 4.44. The van der Waals surface area contributed by atoms with Crippen LogP contribution in [0.5, 0.6) is 0 Å². The van der Waals surface area contributed by atoms with Crippen molar-refractivity contribution in [3.8, 4) is 10.4 Å². The van der Waals surface area contributed by atoms with E-state index in [1.54, 1.807) is 11.3 Å². The van der Waals surface area contributed by atoms with E-state index in [-0.39, 0.29) is 0 Å². The molecule has 0 aliphatic rings. The standard InChI is InChI=1S/C16H16BrClS/c1-11(2)12(10-17)9-13-7-8-16(19-13)14-5-3-4-6-15(14)18/h3-9,11H,10H2,1-2H3. The summed E-state index contributed by atoms with van der Waals surface area (Å²) in [6.07, 6.45) is 2.27. The van der Waals surface area contributed by atoms with Crippen molar-refractivity contribution in [2.75, 3.05) is 5.33 Å². The summed E-state index contributed by atoms with van der Waals surface area (Å²) in [5.74, 6) is 0.560. The summed E-state index contributed by atoms with van der Waals surface area (Å²) in [4.78, 5) is 2.49. The molecule has 2 rings (SSSR count). The molecule has 100 valence electrons. The Hall–Kier alpha value is -0.570. The summed E-state index contributed by atoms with van der Waals surface area (Å²) in [7, 11) is 0. The molecule has 3 heteroatoms. The summed E-state index contributed by atoms with van der Waals surface area (Å²) < 4.78 is 0. The van der Waals surface area contributed by atoms with E-state index >= 15 is 0 Å². The Balaban J connectivity index is 2.32. The lowest BCUT2D eigenvalue weighted by Crippen LogP contribution is -1.93. The monoisotopic (exact) mass is 354 g/mol. The predicted octanol–water partition coefficient (Wildman–Crippen LogP) is 6.50. The Labute approximate surface area is 132 Å². The molecule has 0 radical (unpaired) electrons. The molecule has 1 aromatic carbocycles. The molecule has 0 bridgehead atoms. The molecule has 0 N–H and O–H groups in total. The number of alkyl halides is 1. The maximum Gasteiger partial charge on any atom is 0.0492 e. The number of hydrogen-bond donors (Lipinski definition) is 0. The van der Waals surface area contributed by atoms with Crippen LogP contribution in [0.1, 0.15) is 18.7 Å². The van der Waals surface area contributed by atoms with Gasteiger partial charge >= 0.3 is 0 Å². The van der Waals surface area contributed by atoms with Crippen LogP contribution in [0, 0.1) is 5.92 Å². The van der Waals surface area contributed by atoms with Gasteiger partial charge in [0.15, 0.2) is 0 Å². The lowest BCUT2D eigenvalue weighted by Gasteiger charge is -2.06.